The van der Waals surface area contributed by atoms with Crippen molar-refractivity contribution in [3.05, 3.63) is 109 Å². The molecule has 1 aromatic heterocycles. The van der Waals surface area contributed by atoms with Gasteiger partial charge in [0.15, 0.2) is 6.20 Å². The zero-order valence-corrected chi connectivity index (χ0v) is 17.2. The van der Waals surface area contributed by atoms with Crippen LogP contribution in [0.2, 0.25) is 0 Å². The maximum absolute atomic E-state index is 11.1. The quantitative estimate of drug-likeness (QED) is 0.261. The van der Waals surface area contributed by atoms with Crippen molar-refractivity contribution < 1.29 is 24.4 Å². The van der Waals surface area contributed by atoms with Gasteiger partial charge in [-0.3, -0.25) is 30.3 Å². The van der Waals surface area contributed by atoms with E-state index in [1.54, 1.807) is 0 Å². The zero-order valence-electron chi connectivity index (χ0n) is 17.2. The fraction of sp³-hybridized carbons (Fsp3) is 0.0455. The van der Waals surface area contributed by atoms with Gasteiger partial charge in [0.25, 0.3) is 17.1 Å². The van der Waals surface area contributed by atoms with Crippen LogP contribution in [-0.2, 0) is 7.05 Å². The van der Waals surface area contributed by atoms with Crippen LogP contribution in [-0.4, -0.2) is 14.8 Å². The Balaban J connectivity index is 0.000000186. The van der Waals surface area contributed by atoms with Crippen molar-refractivity contribution in [1.82, 2.24) is 0 Å². The second kappa shape index (κ2) is 9.47. The summed E-state index contributed by atoms with van der Waals surface area (Å²) in [6.45, 7) is 0. The molecule has 0 spiro atoms. The number of nitro groups is 3. The summed E-state index contributed by atoms with van der Waals surface area (Å²) in [5.41, 5.74) is 0.507. The van der Waals surface area contributed by atoms with Crippen LogP contribution in [0.4, 0.5) is 17.1 Å². The van der Waals surface area contributed by atoms with Gasteiger partial charge in [0.05, 0.1) is 32.7 Å². The van der Waals surface area contributed by atoms with E-state index in [2.05, 4.69) is 72.4 Å². The van der Waals surface area contributed by atoms with Gasteiger partial charge in [-0.1, -0.05) is 42.5 Å². The molecule has 4 rings (SSSR count). The molecule has 0 amide bonds. The number of nitro benzene ring substituents is 3. The van der Waals surface area contributed by atoms with Crippen molar-refractivity contribution in [2.24, 2.45) is 7.05 Å². The second-order valence-corrected chi connectivity index (χ2v) is 6.85. The standard InChI is InChI=1S/C16H14N.C6H3N3O7/c1-17-12-15(13-7-3-2-4-8-13)11-14-9-5-6-10-16(14)17;10-6-4(8(13)14)1-3(7(11)12)2-5(6)9(15)16/h2-12H,1H3;1-2,10H/q+1;/p-1. The van der Waals surface area contributed by atoms with E-state index in [1.807, 2.05) is 6.07 Å². The fourth-order valence-corrected chi connectivity index (χ4v) is 3.16. The lowest BCUT2D eigenvalue weighted by molar-refractivity contribution is -0.644. The van der Waals surface area contributed by atoms with Gasteiger partial charge in [-0.05, 0) is 17.7 Å². The van der Waals surface area contributed by atoms with Gasteiger partial charge in [-0.15, -0.1) is 0 Å². The molecular formula is C22H16N4O7. The van der Waals surface area contributed by atoms with Gasteiger partial charge in [0.1, 0.15) is 7.05 Å². The van der Waals surface area contributed by atoms with Crippen LogP contribution in [0.5, 0.6) is 5.75 Å². The minimum absolute atomic E-state index is 0.384. The SMILES string of the molecule is C[n+]1cc(-c2ccccc2)cc2ccccc21.O=[N+]([O-])c1cc([N+](=O)[O-])c([O-])c([N+](=O)[O-])c1. The smallest absolute Gasteiger partial charge is 0.283 e. The second-order valence-electron chi connectivity index (χ2n) is 6.85. The van der Waals surface area contributed by atoms with E-state index in [1.165, 1.54) is 22.0 Å². The van der Waals surface area contributed by atoms with E-state index in [4.69, 9.17) is 0 Å². The summed E-state index contributed by atoms with van der Waals surface area (Å²) in [7, 11) is 2.09. The molecule has 0 aliphatic rings. The molecule has 0 fully saturated rings. The summed E-state index contributed by atoms with van der Waals surface area (Å²) in [6.07, 6.45) is 2.18. The molecule has 1 heterocycles. The predicted octanol–water partition coefficient (Wildman–Crippen LogP) is 3.82. The maximum atomic E-state index is 11.1. The first-order valence-corrected chi connectivity index (χ1v) is 9.41. The van der Waals surface area contributed by atoms with Crippen molar-refractivity contribution in [1.29, 1.82) is 0 Å². The maximum Gasteiger partial charge on any atom is 0.283 e. The number of hydrogen-bond acceptors (Lipinski definition) is 7. The summed E-state index contributed by atoms with van der Waals surface area (Å²) in [5, 5.41) is 43.4. The normalized spacial score (nSPS) is 10.2. The van der Waals surface area contributed by atoms with Crippen LogP contribution < -0.4 is 9.67 Å². The van der Waals surface area contributed by atoms with Crippen LogP contribution in [0.25, 0.3) is 22.0 Å². The van der Waals surface area contributed by atoms with Gasteiger partial charge < -0.3 is 5.11 Å². The van der Waals surface area contributed by atoms with Crippen molar-refractivity contribution in [3.8, 4) is 16.9 Å². The Morgan fingerprint density at radius 1 is 0.697 bits per heavy atom. The van der Waals surface area contributed by atoms with Gasteiger partial charge in [-0.25, -0.2) is 4.57 Å². The number of hydrogen-bond donors (Lipinski definition) is 0. The Hall–Kier alpha value is -4.93. The third-order valence-corrected chi connectivity index (χ3v) is 4.71. The lowest BCUT2D eigenvalue weighted by Crippen LogP contribution is -2.28. The highest BCUT2D eigenvalue weighted by atomic mass is 16.6. The molecule has 0 atom stereocenters. The molecule has 0 aliphatic heterocycles. The number of aryl methyl sites for hydroxylation is 1. The highest BCUT2D eigenvalue weighted by Crippen LogP contribution is 2.36. The van der Waals surface area contributed by atoms with Crippen molar-refractivity contribution in [2.45, 2.75) is 0 Å². The Bertz CT molecular complexity index is 1340. The average Bonchev–Trinajstić information content (AvgIpc) is 2.79. The zero-order chi connectivity index (χ0) is 24.1. The third kappa shape index (κ3) is 5.05. The van der Waals surface area contributed by atoms with Crippen molar-refractivity contribution in [2.75, 3.05) is 0 Å². The highest BCUT2D eigenvalue weighted by Gasteiger charge is 2.24. The number of rotatable bonds is 4. The fourth-order valence-electron chi connectivity index (χ4n) is 3.16. The lowest BCUT2D eigenvalue weighted by atomic mass is 10.1. The molecular weight excluding hydrogens is 432 g/mol. The molecule has 33 heavy (non-hydrogen) atoms. The van der Waals surface area contributed by atoms with E-state index >= 15 is 0 Å². The molecule has 0 saturated heterocycles. The Morgan fingerprint density at radius 2 is 1.24 bits per heavy atom. The first-order valence-electron chi connectivity index (χ1n) is 9.41. The Morgan fingerprint density at radius 3 is 1.79 bits per heavy atom. The largest absolute Gasteiger partial charge is 0.863 e. The Kier molecular flexibility index (Phi) is 6.53. The number of pyridine rings is 1. The molecule has 0 unspecified atom stereocenters. The molecule has 0 radical (unpaired) electrons. The van der Waals surface area contributed by atoms with Gasteiger partial charge >= 0.3 is 0 Å². The number of non-ortho nitro benzene ring substituents is 1. The summed E-state index contributed by atoms with van der Waals surface area (Å²) in [4.78, 5) is 27.5. The number of para-hydroxylation sites is 1. The molecule has 0 bridgehead atoms. The van der Waals surface area contributed by atoms with Gasteiger partial charge in [-0.2, -0.15) is 0 Å². The van der Waals surface area contributed by atoms with Crippen molar-refractivity contribution >= 4 is 28.0 Å². The average molecular weight is 448 g/mol. The molecule has 11 nitrogen and oxygen atoms in total. The molecule has 3 aromatic carbocycles. The molecule has 166 valence electrons. The number of aromatic nitrogens is 1. The molecule has 0 saturated carbocycles. The van der Waals surface area contributed by atoms with E-state index in [0.717, 1.165) is 0 Å². The van der Waals surface area contributed by atoms with Crippen LogP contribution >= 0.6 is 0 Å². The minimum Gasteiger partial charge on any atom is -0.863 e. The number of benzene rings is 3. The minimum atomic E-state index is -1.46. The van der Waals surface area contributed by atoms with E-state index in [0.29, 0.717) is 12.1 Å². The first kappa shape index (κ1) is 22.7. The first-order chi connectivity index (χ1) is 15.7. The topological polar surface area (TPSA) is 156 Å². The van der Waals surface area contributed by atoms with E-state index < -0.39 is 37.6 Å². The molecule has 11 heteroatoms. The van der Waals surface area contributed by atoms with Gasteiger partial charge in [0.2, 0.25) is 5.52 Å². The number of nitrogens with zero attached hydrogens (tertiary/aromatic N) is 4. The van der Waals surface area contributed by atoms with Crippen LogP contribution in [0.1, 0.15) is 0 Å². The van der Waals surface area contributed by atoms with E-state index in [9.17, 15) is 35.4 Å². The summed E-state index contributed by atoms with van der Waals surface area (Å²) < 4.78 is 2.18. The third-order valence-electron chi connectivity index (χ3n) is 4.71. The monoisotopic (exact) mass is 448 g/mol. The summed E-state index contributed by atoms with van der Waals surface area (Å²) >= 11 is 0. The molecule has 0 N–H and O–H groups in total. The number of fused-ring (bicyclic) bond motifs is 1. The molecule has 0 aliphatic carbocycles. The summed E-state index contributed by atoms with van der Waals surface area (Å²) in [5.74, 6) is -1.46. The van der Waals surface area contributed by atoms with Crippen LogP contribution in [0, 0.1) is 30.3 Å². The van der Waals surface area contributed by atoms with Crippen molar-refractivity contribution in [3.63, 3.8) is 0 Å². The van der Waals surface area contributed by atoms with E-state index in [-0.39, 0.29) is 0 Å². The van der Waals surface area contributed by atoms with Gasteiger partial charge in [0, 0.05) is 17.0 Å². The van der Waals surface area contributed by atoms with Crippen LogP contribution in [0.3, 0.4) is 0 Å². The molecule has 4 aromatic rings. The summed E-state index contributed by atoms with van der Waals surface area (Å²) in [6, 6.07) is 21.9. The highest BCUT2D eigenvalue weighted by molar-refractivity contribution is 5.80. The Labute approximate surface area is 186 Å². The lowest BCUT2D eigenvalue weighted by Gasteiger charge is -2.06. The predicted molar refractivity (Wildman–Crippen MR) is 116 cm³/mol. The van der Waals surface area contributed by atoms with Crippen LogP contribution in [0.15, 0.2) is 79.0 Å².